The number of hydrogen-bond acceptors (Lipinski definition) is 6. The first-order valence-corrected chi connectivity index (χ1v) is 11.5. The van der Waals surface area contributed by atoms with Crippen LogP contribution in [-0.4, -0.2) is 49.0 Å². The average Bonchev–Trinajstić information content (AvgIpc) is 2.46. The van der Waals surface area contributed by atoms with E-state index in [4.69, 9.17) is 5.73 Å². The molecule has 0 radical (unpaired) electrons. The molecule has 2 rings (SSSR count). The van der Waals surface area contributed by atoms with Gasteiger partial charge in [0.25, 0.3) is 0 Å². The molecule has 1 unspecified atom stereocenters. The molecule has 21 heavy (non-hydrogen) atoms. The summed E-state index contributed by atoms with van der Waals surface area (Å²) in [4.78, 5) is 1.00. The summed E-state index contributed by atoms with van der Waals surface area (Å²) in [7, 11) is -3.19. The van der Waals surface area contributed by atoms with E-state index in [2.05, 4.69) is 4.72 Å². The molecule has 0 amide bonds. The summed E-state index contributed by atoms with van der Waals surface area (Å²) >= 11 is 5.27. The van der Waals surface area contributed by atoms with Gasteiger partial charge in [-0.3, -0.25) is 0 Å². The van der Waals surface area contributed by atoms with Crippen LogP contribution in [-0.2, 0) is 10.0 Å². The van der Waals surface area contributed by atoms with E-state index in [0.29, 0.717) is 23.2 Å². The van der Waals surface area contributed by atoms with Crippen LogP contribution in [0.1, 0.15) is 0 Å². The Kier molecular flexibility index (Phi) is 7.07. The van der Waals surface area contributed by atoms with Crippen molar-refractivity contribution in [2.24, 2.45) is 0 Å². The second-order valence-electron chi connectivity index (χ2n) is 4.66. The van der Waals surface area contributed by atoms with Gasteiger partial charge in [0.15, 0.2) is 0 Å². The van der Waals surface area contributed by atoms with Crippen molar-refractivity contribution in [1.29, 1.82) is 0 Å². The van der Waals surface area contributed by atoms with Crippen LogP contribution in [0.5, 0.6) is 0 Å². The third-order valence-electron chi connectivity index (χ3n) is 2.89. The Hall–Kier alpha value is -0.0200. The van der Waals surface area contributed by atoms with Crippen molar-refractivity contribution in [2.45, 2.75) is 10.1 Å². The zero-order valence-electron chi connectivity index (χ0n) is 11.7. The Balaban J connectivity index is 1.70. The fourth-order valence-electron chi connectivity index (χ4n) is 1.82. The van der Waals surface area contributed by atoms with Crippen LogP contribution in [0, 0.1) is 0 Å². The predicted molar refractivity (Wildman–Crippen MR) is 96.9 cm³/mol. The van der Waals surface area contributed by atoms with Crippen LogP contribution in [0.2, 0.25) is 0 Å². The number of hydrogen-bond donors (Lipinski definition) is 2. The summed E-state index contributed by atoms with van der Waals surface area (Å²) in [6.45, 7) is 0.545. The molecule has 1 aliphatic rings. The molecule has 1 heterocycles. The summed E-state index contributed by atoms with van der Waals surface area (Å²) in [5, 5.41) is 0.403. The Morgan fingerprint density at radius 3 is 2.95 bits per heavy atom. The number of nitrogen functional groups attached to an aromatic ring is 1. The minimum Gasteiger partial charge on any atom is -0.399 e. The summed E-state index contributed by atoms with van der Waals surface area (Å²) < 4.78 is 26.7. The van der Waals surface area contributed by atoms with Crippen molar-refractivity contribution >= 4 is 51.0 Å². The van der Waals surface area contributed by atoms with Crippen LogP contribution >= 0.6 is 35.3 Å². The fourth-order valence-corrected chi connectivity index (χ4v) is 6.98. The van der Waals surface area contributed by atoms with Gasteiger partial charge in [-0.2, -0.15) is 23.5 Å². The van der Waals surface area contributed by atoms with Crippen LogP contribution < -0.4 is 10.5 Å². The maximum atomic E-state index is 12.0. The second-order valence-corrected chi connectivity index (χ2v) is 10.3. The Labute approximate surface area is 139 Å². The van der Waals surface area contributed by atoms with Gasteiger partial charge >= 0.3 is 0 Å². The van der Waals surface area contributed by atoms with Gasteiger partial charge in [0.05, 0.1) is 5.75 Å². The van der Waals surface area contributed by atoms with Crippen LogP contribution in [0.15, 0.2) is 29.2 Å². The first-order valence-electron chi connectivity index (χ1n) is 6.70. The molecule has 0 bridgehead atoms. The van der Waals surface area contributed by atoms with E-state index in [1.807, 2.05) is 47.8 Å². The molecule has 8 heteroatoms. The second kappa shape index (κ2) is 8.57. The topological polar surface area (TPSA) is 72.2 Å². The summed E-state index contributed by atoms with van der Waals surface area (Å²) in [5.74, 6) is 3.99. The molecular formula is C13H20N2O2S4. The molecule has 1 aromatic rings. The van der Waals surface area contributed by atoms with Crippen molar-refractivity contribution in [3.8, 4) is 0 Å². The van der Waals surface area contributed by atoms with E-state index in [0.717, 1.165) is 16.4 Å². The van der Waals surface area contributed by atoms with Crippen molar-refractivity contribution in [2.75, 3.05) is 41.0 Å². The first kappa shape index (κ1) is 17.3. The van der Waals surface area contributed by atoms with E-state index < -0.39 is 10.0 Å². The Morgan fingerprint density at radius 2 is 2.24 bits per heavy atom. The zero-order chi connectivity index (χ0) is 15.1. The lowest BCUT2D eigenvalue weighted by atomic mass is 10.3. The zero-order valence-corrected chi connectivity index (χ0v) is 14.9. The molecular weight excluding hydrogens is 344 g/mol. The van der Waals surface area contributed by atoms with Gasteiger partial charge in [0.2, 0.25) is 10.0 Å². The maximum absolute atomic E-state index is 12.0. The number of nitrogens with two attached hydrogens (primary N) is 1. The van der Waals surface area contributed by atoms with Gasteiger partial charge in [-0.15, -0.1) is 11.8 Å². The fraction of sp³-hybridized carbons (Fsp3) is 0.538. The monoisotopic (exact) mass is 364 g/mol. The number of nitrogens with one attached hydrogen (secondary N) is 1. The van der Waals surface area contributed by atoms with Crippen molar-refractivity contribution in [3.05, 3.63) is 24.3 Å². The smallest absolute Gasteiger partial charge is 0.212 e. The molecule has 1 aromatic carbocycles. The quantitative estimate of drug-likeness (QED) is 0.570. The predicted octanol–water partition coefficient (Wildman–Crippen LogP) is 2.13. The normalized spacial score (nSPS) is 19.5. The highest BCUT2D eigenvalue weighted by atomic mass is 32.2. The van der Waals surface area contributed by atoms with Crippen molar-refractivity contribution < 1.29 is 8.42 Å². The molecule has 118 valence electrons. The molecule has 1 saturated heterocycles. The summed E-state index contributed by atoms with van der Waals surface area (Å²) in [6.07, 6.45) is 0. The summed E-state index contributed by atoms with van der Waals surface area (Å²) in [5.41, 5.74) is 6.40. The van der Waals surface area contributed by atoms with Crippen LogP contribution in [0.4, 0.5) is 5.69 Å². The first-order chi connectivity index (χ1) is 10.1. The van der Waals surface area contributed by atoms with Gasteiger partial charge in [-0.25, -0.2) is 13.1 Å². The highest BCUT2D eigenvalue weighted by molar-refractivity contribution is 8.06. The minimum absolute atomic E-state index is 0.136. The SMILES string of the molecule is Nc1cccc(SCCS(=O)(=O)NCC2CSCCS2)c1. The van der Waals surface area contributed by atoms with Gasteiger partial charge in [-0.1, -0.05) is 6.07 Å². The molecule has 1 fully saturated rings. The van der Waals surface area contributed by atoms with Crippen LogP contribution in [0.25, 0.3) is 0 Å². The maximum Gasteiger partial charge on any atom is 0.212 e. The van der Waals surface area contributed by atoms with Crippen LogP contribution in [0.3, 0.4) is 0 Å². The number of thioether (sulfide) groups is 3. The standard InChI is InChI=1S/C13H20N2O2S4/c14-11-2-1-3-12(8-11)20-6-7-21(16,17)15-9-13-10-18-4-5-19-13/h1-3,8,13,15H,4-7,9-10,14H2. The van der Waals surface area contributed by atoms with Gasteiger partial charge < -0.3 is 5.73 Å². The number of sulfonamides is 1. The van der Waals surface area contributed by atoms with E-state index in [1.54, 1.807) is 0 Å². The molecule has 0 spiro atoms. The molecule has 0 aliphatic carbocycles. The minimum atomic E-state index is -3.19. The largest absolute Gasteiger partial charge is 0.399 e. The molecule has 1 atom stereocenters. The number of anilines is 1. The van der Waals surface area contributed by atoms with E-state index >= 15 is 0 Å². The lowest BCUT2D eigenvalue weighted by Crippen LogP contribution is -2.35. The highest BCUT2D eigenvalue weighted by Crippen LogP contribution is 2.23. The molecule has 4 nitrogen and oxygen atoms in total. The van der Waals surface area contributed by atoms with Crippen molar-refractivity contribution in [1.82, 2.24) is 4.72 Å². The summed E-state index contributed by atoms with van der Waals surface area (Å²) in [6, 6.07) is 7.50. The van der Waals surface area contributed by atoms with E-state index in [9.17, 15) is 8.42 Å². The lowest BCUT2D eigenvalue weighted by molar-refractivity contribution is 0.583. The number of rotatable bonds is 7. The third kappa shape index (κ3) is 6.73. The van der Waals surface area contributed by atoms with Crippen molar-refractivity contribution in [3.63, 3.8) is 0 Å². The average molecular weight is 365 g/mol. The molecule has 3 N–H and O–H groups in total. The molecule has 0 saturated carbocycles. The Morgan fingerprint density at radius 1 is 1.38 bits per heavy atom. The highest BCUT2D eigenvalue weighted by Gasteiger charge is 2.17. The van der Waals surface area contributed by atoms with Gasteiger partial charge in [0, 0.05) is 45.4 Å². The van der Waals surface area contributed by atoms with E-state index in [-0.39, 0.29) is 5.75 Å². The van der Waals surface area contributed by atoms with E-state index in [1.165, 1.54) is 17.5 Å². The van der Waals surface area contributed by atoms with Gasteiger partial charge in [-0.05, 0) is 18.2 Å². The lowest BCUT2D eigenvalue weighted by Gasteiger charge is -2.21. The molecule has 1 aliphatic heterocycles. The third-order valence-corrected chi connectivity index (χ3v) is 8.34. The molecule has 0 aromatic heterocycles. The number of benzene rings is 1. The Bertz CT molecular complexity index is 545. The van der Waals surface area contributed by atoms with Gasteiger partial charge in [0.1, 0.15) is 0 Å².